The summed E-state index contributed by atoms with van der Waals surface area (Å²) in [6, 6.07) is 5.08. The normalized spacial score (nSPS) is 11.3. The number of benzene rings is 1. The monoisotopic (exact) mass is 318 g/mol. The van der Waals surface area contributed by atoms with Crippen molar-refractivity contribution in [3.05, 3.63) is 23.8 Å². The zero-order chi connectivity index (χ0) is 15.2. The Morgan fingerprint density at radius 2 is 2.10 bits per heavy atom. The Labute approximate surface area is 123 Å². The summed E-state index contributed by atoms with van der Waals surface area (Å²) in [6.07, 6.45) is 1.79. The number of anilines is 1. The molecule has 0 unspecified atom stereocenters. The summed E-state index contributed by atoms with van der Waals surface area (Å²) in [6.45, 7) is 2.19. The molecule has 3 N–H and O–H groups in total. The van der Waals surface area contributed by atoms with Crippen LogP contribution in [-0.4, -0.2) is 44.6 Å². The Morgan fingerprint density at radius 3 is 2.65 bits per heavy atom. The lowest BCUT2D eigenvalue weighted by Crippen LogP contribution is -2.29. The fourth-order valence-electron chi connectivity index (χ4n) is 1.68. The summed E-state index contributed by atoms with van der Waals surface area (Å²) in [7, 11) is -3.32. The molecule has 6 nitrogen and oxygen atoms in total. The van der Waals surface area contributed by atoms with E-state index in [2.05, 4.69) is 10.0 Å². The van der Waals surface area contributed by atoms with Gasteiger partial charge in [0.05, 0.1) is 11.3 Å². The quantitative estimate of drug-likeness (QED) is 0.628. The van der Waals surface area contributed by atoms with Crippen LogP contribution in [0.15, 0.2) is 23.1 Å². The second kappa shape index (κ2) is 7.51. The molecule has 0 bridgehead atoms. The van der Waals surface area contributed by atoms with Crippen LogP contribution in [0.2, 0.25) is 0 Å². The molecule has 112 valence electrons. The maximum atomic E-state index is 11.5. The molecule has 0 saturated heterocycles. The number of carbonyl (C=O) groups is 1. The zero-order valence-electron chi connectivity index (χ0n) is 11.3. The summed E-state index contributed by atoms with van der Waals surface area (Å²) in [5.41, 5.74) is 0.594. The van der Waals surface area contributed by atoms with Crippen molar-refractivity contribution in [2.24, 2.45) is 0 Å². The van der Waals surface area contributed by atoms with Gasteiger partial charge in [-0.25, -0.2) is 17.9 Å². The van der Waals surface area contributed by atoms with E-state index in [0.29, 0.717) is 17.1 Å². The molecule has 0 aliphatic heterocycles. The van der Waals surface area contributed by atoms with Crippen molar-refractivity contribution in [1.82, 2.24) is 4.72 Å². The molecule has 0 amide bonds. The van der Waals surface area contributed by atoms with Crippen LogP contribution in [0.25, 0.3) is 0 Å². The standard InChI is InChI=1S/C12H18N2O4S2/c1-3-14-20(17,18)8-7-13-9-5-4-6-10(19-2)11(9)12(15)16/h4-6,13-14H,3,7-8H2,1-2H3,(H,15,16). The highest BCUT2D eigenvalue weighted by Gasteiger charge is 2.15. The molecule has 0 fully saturated rings. The molecule has 0 aromatic heterocycles. The van der Waals surface area contributed by atoms with Crippen LogP contribution in [0, 0.1) is 0 Å². The van der Waals surface area contributed by atoms with Crippen LogP contribution in [0.1, 0.15) is 17.3 Å². The van der Waals surface area contributed by atoms with E-state index in [9.17, 15) is 18.3 Å². The average molecular weight is 318 g/mol. The van der Waals surface area contributed by atoms with E-state index in [1.54, 1.807) is 31.4 Å². The van der Waals surface area contributed by atoms with E-state index < -0.39 is 16.0 Å². The molecule has 0 radical (unpaired) electrons. The van der Waals surface area contributed by atoms with Gasteiger partial charge < -0.3 is 10.4 Å². The molecule has 0 aliphatic carbocycles. The van der Waals surface area contributed by atoms with Gasteiger partial charge in [0.25, 0.3) is 0 Å². The molecule has 0 atom stereocenters. The highest BCUT2D eigenvalue weighted by molar-refractivity contribution is 7.98. The Morgan fingerprint density at radius 1 is 1.40 bits per heavy atom. The fraction of sp³-hybridized carbons (Fsp3) is 0.417. The van der Waals surface area contributed by atoms with Gasteiger partial charge >= 0.3 is 5.97 Å². The Kier molecular flexibility index (Phi) is 6.31. The number of hydrogen-bond acceptors (Lipinski definition) is 5. The lowest BCUT2D eigenvalue weighted by molar-refractivity contribution is 0.0694. The number of carboxylic acid groups (broad SMARTS) is 1. The van der Waals surface area contributed by atoms with Gasteiger partial charge in [0.15, 0.2) is 0 Å². The van der Waals surface area contributed by atoms with Gasteiger partial charge in [0, 0.05) is 23.7 Å². The Bertz CT molecular complexity index is 573. The number of sulfonamides is 1. The van der Waals surface area contributed by atoms with E-state index >= 15 is 0 Å². The molecule has 1 aromatic rings. The molecule has 0 saturated carbocycles. The third kappa shape index (κ3) is 4.69. The van der Waals surface area contributed by atoms with E-state index in [4.69, 9.17) is 0 Å². The minimum absolute atomic E-state index is 0.108. The second-order valence-electron chi connectivity index (χ2n) is 3.93. The van der Waals surface area contributed by atoms with Gasteiger partial charge in [-0.05, 0) is 18.4 Å². The molecular weight excluding hydrogens is 300 g/mol. The van der Waals surface area contributed by atoms with Crippen molar-refractivity contribution in [3.8, 4) is 0 Å². The third-order valence-electron chi connectivity index (χ3n) is 2.51. The van der Waals surface area contributed by atoms with Crippen molar-refractivity contribution < 1.29 is 18.3 Å². The molecule has 0 aliphatic rings. The number of nitrogens with one attached hydrogen (secondary N) is 2. The number of thioether (sulfide) groups is 1. The average Bonchev–Trinajstić information content (AvgIpc) is 2.37. The lowest BCUT2D eigenvalue weighted by atomic mass is 10.2. The van der Waals surface area contributed by atoms with Crippen molar-refractivity contribution >= 4 is 33.4 Å². The minimum atomic E-state index is -3.32. The molecule has 0 heterocycles. The predicted molar refractivity (Wildman–Crippen MR) is 81.1 cm³/mol. The van der Waals surface area contributed by atoms with Gasteiger partial charge in [-0.3, -0.25) is 0 Å². The van der Waals surface area contributed by atoms with Crippen LogP contribution in [-0.2, 0) is 10.0 Å². The SMILES string of the molecule is CCNS(=O)(=O)CCNc1cccc(SC)c1C(=O)O. The molecule has 1 aromatic carbocycles. The zero-order valence-corrected chi connectivity index (χ0v) is 13.0. The van der Waals surface area contributed by atoms with Crippen molar-refractivity contribution in [3.63, 3.8) is 0 Å². The summed E-state index contributed by atoms with van der Waals surface area (Å²) >= 11 is 1.33. The van der Waals surface area contributed by atoms with Crippen molar-refractivity contribution in [1.29, 1.82) is 0 Å². The number of rotatable bonds is 8. The van der Waals surface area contributed by atoms with Crippen molar-refractivity contribution in [2.45, 2.75) is 11.8 Å². The van der Waals surface area contributed by atoms with E-state index in [1.807, 2.05) is 0 Å². The fourth-order valence-corrected chi connectivity index (χ4v) is 3.25. The number of aromatic carboxylic acids is 1. The van der Waals surface area contributed by atoms with Gasteiger partial charge in [-0.1, -0.05) is 13.0 Å². The first-order chi connectivity index (χ1) is 9.41. The molecule has 8 heteroatoms. The first-order valence-corrected chi connectivity index (χ1v) is 8.90. The van der Waals surface area contributed by atoms with Gasteiger partial charge in [0.2, 0.25) is 10.0 Å². The summed E-state index contributed by atoms with van der Waals surface area (Å²) in [5.74, 6) is -1.14. The molecular formula is C12H18N2O4S2. The first kappa shape index (κ1) is 16.8. The van der Waals surface area contributed by atoms with Crippen LogP contribution in [0.3, 0.4) is 0 Å². The molecule has 0 spiro atoms. The molecule has 1 rings (SSSR count). The first-order valence-electron chi connectivity index (χ1n) is 6.02. The Balaban J connectivity index is 2.81. The highest BCUT2D eigenvalue weighted by atomic mass is 32.2. The Hall–Kier alpha value is -1.25. The topological polar surface area (TPSA) is 95.5 Å². The predicted octanol–water partition coefficient (Wildman–Crippen LogP) is 1.46. The summed E-state index contributed by atoms with van der Waals surface area (Å²) < 4.78 is 25.4. The smallest absolute Gasteiger partial charge is 0.338 e. The van der Waals surface area contributed by atoms with E-state index in [-0.39, 0.29) is 17.9 Å². The summed E-state index contributed by atoms with van der Waals surface area (Å²) in [5, 5.41) is 12.1. The van der Waals surface area contributed by atoms with Crippen LogP contribution < -0.4 is 10.0 Å². The largest absolute Gasteiger partial charge is 0.478 e. The van der Waals surface area contributed by atoms with Crippen LogP contribution in [0.5, 0.6) is 0 Å². The van der Waals surface area contributed by atoms with Gasteiger partial charge in [-0.2, -0.15) is 0 Å². The number of carboxylic acids is 1. The third-order valence-corrected chi connectivity index (χ3v) is 4.76. The number of hydrogen-bond donors (Lipinski definition) is 3. The lowest BCUT2D eigenvalue weighted by Gasteiger charge is -2.12. The summed E-state index contributed by atoms with van der Waals surface area (Å²) in [4.78, 5) is 11.9. The van der Waals surface area contributed by atoms with E-state index in [1.165, 1.54) is 11.8 Å². The van der Waals surface area contributed by atoms with Crippen molar-refractivity contribution in [2.75, 3.05) is 30.4 Å². The van der Waals surface area contributed by atoms with Crippen LogP contribution >= 0.6 is 11.8 Å². The minimum Gasteiger partial charge on any atom is -0.478 e. The maximum absolute atomic E-state index is 11.5. The highest BCUT2D eigenvalue weighted by Crippen LogP contribution is 2.26. The second-order valence-corrected chi connectivity index (χ2v) is 6.71. The van der Waals surface area contributed by atoms with E-state index in [0.717, 1.165) is 0 Å². The van der Waals surface area contributed by atoms with Crippen LogP contribution in [0.4, 0.5) is 5.69 Å². The van der Waals surface area contributed by atoms with Gasteiger partial charge in [-0.15, -0.1) is 11.8 Å². The molecule has 20 heavy (non-hydrogen) atoms. The maximum Gasteiger partial charge on any atom is 0.338 e. The van der Waals surface area contributed by atoms with Gasteiger partial charge in [0.1, 0.15) is 0 Å².